The first-order valence-electron chi connectivity index (χ1n) is 15.3. The van der Waals surface area contributed by atoms with Crippen LogP contribution in [0.2, 0.25) is 0 Å². The molecule has 1 aromatic carbocycles. The second-order valence-electron chi connectivity index (χ2n) is 11.6. The summed E-state index contributed by atoms with van der Waals surface area (Å²) in [6, 6.07) is 2.22. The van der Waals surface area contributed by atoms with Gasteiger partial charge in [-0.2, -0.15) is 13.2 Å². The number of nitrogens with one attached hydrogen (secondary N) is 4. The summed E-state index contributed by atoms with van der Waals surface area (Å²) in [6.07, 6.45) is -4.35. The van der Waals surface area contributed by atoms with Gasteiger partial charge in [-0.25, -0.2) is 4.79 Å². The number of carbonyl (C=O) groups is 5. The van der Waals surface area contributed by atoms with Gasteiger partial charge in [-0.15, -0.1) is 0 Å². The molecule has 0 aromatic heterocycles. The van der Waals surface area contributed by atoms with Crippen molar-refractivity contribution in [1.29, 1.82) is 0 Å². The molecule has 8 N–H and O–H groups in total. The van der Waals surface area contributed by atoms with Gasteiger partial charge in [0.15, 0.2) is 0 Å². The van der Waals surface area contributed by atoms with Crippen LogP contribution in [-0.2, 0) is 30.5 Å². The van der Waals surface area contributed by atoms with Gasteiger partial charge in [0.1, 0.15) is 18.1 Å². The molecule has 46 heavy (non-hydrogen) atoms. The van der Waals surface area contributed by atoms with Crippen LogP contribution in [0.1, 0.15) is 57.9 Å². The summed E-state index contributed by atoms with van der Waals surface area (Å²) < 4.78 is 45.8. The van der Waals surface area contributed by atoms with E-state index in [4.69, 9.17) is 11.5 Å². The highest BCUT2D eigenvalue weighted by molar-refractivity contribution is 5.98. The molecule has 0 bridgehead atoms. The van der Waals surface area contributed by atoms with Crippen LogP contribution in [0.3, 0.4) is 0 Å². The smallest absolute Gasteiger partial charge is 0.404 e. The number of carbonyl (C=O) groups excluding carboxylic acids is 5. The number of likely N-dealkylation sites (tertiary alicyclic amines) is 1. The van der Waals surface area contributed by atoms with Crippen molar-refractivity contribution in [2.75, 3.05) is 32.1 Å². The van der Waals surface area contributed by atoms with E-state index < -0.39 is 66.4 Å². The number of benzene rings is 1. The van der Waals surface area contributed by atoms with E-state index in [1.54, 1.807) is 38.1 Å². The third-order valence-electron chi connectivity index (χ3n) is 7.80. The van der Waals surface area contributed by atoms with Crippen molar-refractivity contribution in [1.82, 2.24) is 20.9 Å². The number of nitrogens with two attached hydrogens (primary N) is 2. The van der Waals surface area contributed by atoms with Gasteiger partial charge in [-0.05, 0) is 68.8 Å². The Morgan fingerprint density at radius 3 is 2.28 bits per heavy atom. The number of esters is 1. The highest BCUT2D eigenvalue weighted by Gasteiger charge is 2.48. The largest absolute Gasteiger partial charge is 0.469 e. The molecule has 2 unspecified atom stereocenters. The summed E-state index contributed by atoms with van der Waals surface area (Å²) in [4.78, 5) is 63.4. The van der Waals surface area contributed by atoms with E-state index in [1.807, 2.05) is 0 Å². The highest BCUT2D eigenvalue weighted by atomic mass is 19.4. The Hall–Kier alpha value is -3.92. The van der Waals surface area contributed by atoms with E-state index in [0.717, 1.165) is 12.7 Å². The molecule has 0 aliphatic carbocycles. The van der Waals surface area contributed by atoms with E-state index >= 15 is 0 Å². The van der Waals surface area contributed by atoms with Crippen molar-refractivity contribution in [3.63, 3.8) is 0 Å². The molecule has 0 radical (unpaired) electrons. The summed E-state index contributed by atoms with van der Waals surface area (Å²) in [5, 5.41) is 10.5. The van der Waals surface area contributed by atoms with Crippen molar-refractivity contribution in [3.05, 3.63) is 29.8 Å². The molecule has 0 saturated carbocycles. The molecule has 4 atom stereocenters. The molecule has 2 rings (SSSR count). The van der Waals surface area contributed by atoms with E-state index in [1.165, 1.54) is 4.90 Å². The summed E-state index contributed by atoms with van der Waals surface area (Å²) >= 11 is 0. The Balaban J connectivity index is 2.01. The van der Waals surface area contributed by atoms with Crippen molar-refractivity contribution >= 4 is 35.4 Å². The number of alkyl halides is 3. The number of hydrogen-bond donors (Lipinski definition) is 6. The summed E-state index contributed by atoms with van der Waals surface area (Å²) in [5.41, 5.74) is 12.1. The Morgan fingerprint density at radius 2 is 1.72 bits per heavy atom. The molecule has 1 heterocycles. The number of amides is 5. The molecular weight excluding hydrogens is 611 g/mol. The van der Waals surface area contributed by atoms with Gasteiger partial charge in [0.05, 0.1) is 13.0 Å². The van der Waals surface area contributed by atoms with Crippen molar-refractivity contribution in [2.45, 2.75) is 83.2 Å². The fraction of sp³-hybridized carbons (Fsp3) is 0.633. The molecule has 1 saturated heterocycles. The highest BCUT2D eigenvalue weighted by Crippen LogP contribution is 2.35. The average Bonchev–Trinajstić information content (AvgIpc) is 3.00. The first-order valence-corrected chi connectivity index (χ1v) is 15.3. The quantitative estimate of drug-likeness (QED) is 0.114. The molecule has 258 valence electrons. The van der Waals surface area contributed by atoms with Crippen LogP contribution in [0.25, 0.3) is 0 Å². The number of ether oxygens (including phenoxy) is 1. The molecule has 0 spiro atoms. The van der Waals surface area contributed by atoms with E-state index in [0.29, 0.717) is 18.7 Å². The molecule has 1 aromatic rings. The van der Waals surface area contributed by atoms with Gasteiger partial charge in [-0.1, -0.05) is 26.0 Å². The lowest BCUT2D eigenvalue weighted by Crippen LogP contribution is -2.54. The Bertz CT molecular complexity index is 1180. The molecule has 5 amide bonds. The van der Waals surface area contributed by atoms with Crippen LogP contribution < -0.4 is 32.7 Å². The van der Waals surface area contributed by atoms with Crippen molar-refractivity contribution < 1.29 is 41.9 Å². The van der Waals surface area contributed by atoms with Crippen molar-refractivity contribution in [3.8, 4) is 0 Å². The van der Waals surface area contributed by atoms with Gasteiger partial charge in [0.2, 0.25) is 17.7 Å². The zero-order valence-corrected chi connectivity index (χ0v) is 26.5. The van der Waals surface area contributed by atoms with Crippen LogP contribution in [0.15, 0.2) is 24.3 Å². The van der Waals surface area contributed by atoms with Gasteiger partial charge in [0, 0.05) is 25.2 Å². The molecule has 1 aliphatic heterocycles. The minimum Gasteiger partial charge on any atom is -0.469 e. The number of anilines is 1. The Labute approximate surface area is 266 Å². The number of methoxy groups -OCH3 is 1. The lowest BCUT2D eigenvalue weighted by molar-refractivity contribution is -0.198. The fourth-order valence-corrected chi connectivity index (χ4v) is 5.23. The number of piperidine rings is 1. The first-order chi connectivity index (χ1) is 21.7. The standard InChI is InChI=1S/C30H46F3N7O6/c1-18(2)25(39-24(41)7-5-14-40-15-12-20(28(44)46-3)16-23(40)30(31,32)33)27(43)38-22(6-4-13-36-29(35)45)26(42)37-21-10-8-19(17-34)9-11-21/h8-11,18,20,22-23,25H,4-7,12-17,34H2,1-3H3,(H,37,42)(H,38,43)(H,39,41)(H3,35,36,45)/t20?,22-,23?,25-/m0/s1. The third-order valence-corrected chi connectivity index (χ3v) is 7.80. The van der Waals surface area contributed by atoms with Gasteiger partial charge in [-0.3, -0.25) is 24.1 Å². The Kier molecular flexibility index (Phi) is 15.2. The third kappa shape index (κ3) is 12.5. The number of rotatable bonds is 16. The zero-order valence-electron chi connectivity index (χ0n) is 26.5. The monoisotopic (exact) mass is 657 g/mol. The van der Waals surface area contributed by atoms with E-state index in [9.17, 15) is 37.1 Å². The topological polar surface area (TPSA) is 198 Å². The van der Waals surface area contributed by atoms with Gasteiger partial charge in [0.25, 0.3) is 0 Å². The molecular formula is C30H46F3N7O6. The molecule has 16 heteroatoms. The maximum Gasteiger partial charge on any atom is 0.404 e. The van der Waals surface area contributed by atoms with Crippen LogP contribution in [0, 0.1) is 11.8 Å². The number of urea groups is 1. The number of primary amides is 1. The summed E-state index contributed by atoms with van der Waals surface area (Å²) in [7, 11) is 1.14. The lowest BCUT2D eigenvalue weighted by Gasteiger charge is -2.39. The lowest BCUT2D eigenvalue weighted by atomic mass is 9.90. The predicted octanol–water partition coefficient (Wildman–Crippen LogP) is 1.75. The van der Waals surface area contributed by atoms with Crippen LogP contribution >= 0.6 is 0 Å². The normalized spacial score (nSPS) is 18.3. The Morgan fingerprint density at radius 1 is 1.04 bits per heavy atom. The van der Waals surface area contributed by atoms with Crippen LogP contribution in [0.5, 0.6) is 0 Å². The van der Waals surface area contributed by atoms with Crippen LogP contribution in [-0.4, -0.2) is 85.7 Å². The van der Waals surface area contributed by atoms with Gasteiger partial charge < -0.3 is 37.5 Å². The first kappa shape index (κ1) is 38.3. The second-order valence-corrected chi connectivity index (χ2v) is 11.6. The second kappa shape index (κ2) is 18.3. The maximum absolute atomic E-state index is 13.7. The molecule has 1 fully saturated rings. The van der Waals surface area contributed by atoms with Crippen molar-refractivity contribution in [2.24, 2.45) is 23.3 Å². The zero-order chi connectivity index (χ0) is 34.4. The SMILES string of the molecule is COC(=O)C1CCN(CCCC(=O)N[C@H](C(=O)N[C@@H](CCCNC(N)=O)C(=O)Nc2ccc(CN)cc2)C(C)C)C(C(F)(F)F)C1. The number of nitrogens with zero attached hydrogens (tertiary/aromatic N) is 1. The summed E-state index contributed by atoms with van der Waals surface area (Å²) in [6.45, 7) is 3.89. The molecule has 13 nitrogen and oxygen atoms in total. The fourth-order valence-electron chi connectivity index (χ4n) is 5.23. The number of halogens is 3. The number of hydrogen-bond acceptors (Lipinski definition) is 8. The van der Waals surface area contributed by atoms with E-state index in [-0.39, 0.29) is 51.2 Å². The minimum atomic E-state index is -4.55. The summed E-state index contributed by atoms with van der Waals surface area (Å²) in [5.74, 6) is -3.57. The minimum absolute atomic E-state index is 0.0260. The predicted molar refractivity (Wildman–Crippen MR) is 164 cm³/mol. The van der Waals surface area contributed by atoms with Gasteiger partial charge >= 0.3 is 18.2 Å². The maximum atomic E-state index is 13.7. The van der Waals surface area contributed by atoms with Crippen LogP contribution in [0.4, 0.5) is 23.7 Å². The molecule has 1 aliphatic rings. The van der Waals surface area contributed by atoms with E-state index in [2.05, 4.69) is 26.0 Å². The average molecular weight is 658 g/mol.